The van der Waals surface area contributed by atoms with Gasteiger partial charge in [-0.15, -0.1) is 11.3 Å². The van der Waals surface area contributed by atoms with Crippen LogP contribution < -0.4 is 5.32 Å². The van der Waals surface area contributed by atoms with Crippen molar-refractivity contribution in [2.45, 2.75) is 13.5 Å². The van der Waals surface area contributed by atoms with E-state index in [9.17, 15) is 0 Å². The first-order valence-electron chi connectivity index (χ1n) is 8.53. The minimum atomic E-state index is 0.443. The number of halogens is 1. The Balaban J connectivity index is 1.45. The van der Waals surface area contributed by atoms with Crippen molar-refractivity contribution >= 4 is 28.8 Å². The zero-order valence-corrected chi connectivity index (χ0v) is 16.3. The van der Waals surface area contributed by atoms with Gasteiger partial charge in [0.25, 0.3) is 0 Å². The van der Waals surface area contributed by atoms with Crippen molar-refractivity contribution in [3.05, 3.63) is 82.6 Å². The molecule has 0 spiro atoms. The Bertz CT molecular complexity index is 1030. The van der Waals surface area contributed by atoms with Crippen LogP contribution in [-0.2, 0) is 6.54 Å². The van der Waals surface area contributed by atoms with E-state index in [-0.39, 0.29) is 0 Å². The van der Waals surface area contributed by atoms with E-state index < -0.39 is 0 Å². The number of aromatic nitrogens is 3. The second-order valence-electron chi connectivity index (χ2n) is 6.08. The Morgan fingerprint density at radius 1 is 0.926 bits per heavy atom. The molecule has 134 valence electrons. The van der Waals surface area contributed by atoms with Gasteiger partial charge in [-0.25, -0.2) is 15.0 Å². The number of anilines is 1. The summed E-state index contributed by atoms with van der Waals surface area (Å²) in [7, 11) is 0. The van der Waals surface area contributed by atoms with Gasteiger partial charge < -0.3 is 5.32 Å². The maximum absolute atomic E-state index is 5.97. The summed E-state index contributed by atoms with van der Waals surface area (Å²) in [4.78, 5) is 13.2. The quantitative estimate of drug-likeness (QED) is 0.433. The lowest BCUT2D eigenvalue weighted by atomic mass is 10.1. The van der Waals surface area contributed by atoms with E-state index in [1.54, 1.807) is 17.4 Å². The highest BCUT2D eigenvalue weighted by Crippen LogP contribution is 2.29. The van der Waals surface area contributed by atoms with Gasteiger partial charge in [-0.2, -0.15) is 0 Å². The first kappa shape index (κ1) is 17.6. The fraction of sp³-hybridized carbons (Fsp3) is 0.0952. The molecule has 0 unspecified atom stereocenters. The fourth-order valence-corrected chi connectivity index (χ4v) is 3.79. The highest BCUT2D eigenvalue weighted by atomic mass is 35.5. The van der Waals surface area contributed by atoms with Gasteiger partial charge in [0.05, 0.1) is 5.69 Å². The van der Waals surface area contributed by atoms with E-state index in [1.165, 1.54) is 0 Å². The predicted octanol–water partition coefficient (Wildman–Crippen LogP) is 5.84. The van der Waals surface area contributed by atoms with Crippen molar-refractivity contribution in [3.63, 3.8) is 0 Å². The molecule has 2 heterocycles. The predicted molar refractivity (Wildman–Crippen MR) is 112 cm³/mol. The molecule has 0 radical (unpaired) electrons. The van der Waals surface area contributed by atoms with Crippen LogP contribution in [0.4, 0.5) is 5.82 Å². The third-order valence-electron chi connectivity index (χ3n) is 4.05. The Morgan fingerprint density at radius 3 is 2.44 bits per heavy atom. The molecule has 0 bridgehead atoms. The van der Waals surface area contributed by atoms with Gasteiger partial charge in [-0.1, -0.05) is 66.2 Å². The number of hydrogen-bond donors (Lipinski definition) is 1. The maximum atomic E-state index is 5.97. The van der Waals surface area contributed by atoms with Gasteiger partial charge in [0.2, 0.25) is 0 Å². The standard InChI is InChI=1S/C21H17ClN4S/c1-14-24-19(22)11-20(25-14)23-12-15-7-9-17(10-8-15)21-26-18(13-27-21)16-5-3-2-4-6-16/h2-11,13H,12H2,1H3,(H,23,24,25). The Kier molecular flexibility index (Phi) is 5.14. The van der Waals surface area contributed by atoms with Gasteiger partial charge in [0.1, 0.15) is 21.8 Å². The number of benzene rings is 2. The molecule has 2 aromatic heterocycles. The second-order valence-corrected chi connectivity index (χ2v) is 7.32. The van der Waals surface area contributed by atoms with Crippen molar-refractivity contribution in [3.8, 4) is 21.8 Å². The monoisotopic (exact) mass is 392 g/mol. The van der Waals surface area contributed by atoms with Crippen LogP contribution in [0.1, 0.15) is 11.4 Å². The molecule has 0 atom stereocenters. The van der Waals surface area contributed by atoms with E-state index in [2.05, 4.69) is 57.1 Å². The van der Waals surface area contributed by atoms with Crippen LogP contribution in [0.25, 0.3) is 21.8 Å². The Morgan fingerprint density at radius 2 is 1.70 bits per heavy atom. The van der Waals surface area contributed by atoms with Gasteiger partial charge in [0.15, 0.2) is 0 Å². The summed E-state index contributed by atoms with van der Waals surface area (Å²) in [5.41, 5.74) is 4.43. The topological polar surface area (TPSA) is 50.7 Å². The third kappa shape index (κ3) is 4.32. The van der Waals surface area contributed by atoms with Crippen LogP contribution in [0.5, 0.6) is 0 Å². The third-order valence-corrected chi connectivity index (χ3v) is 5.14. The van der Waals surface area contributed by atoms with Crippen LogP contribution >= 0.6 is 22.9 Å². The normalized spacial score (nSPS) is 10.7. The number of nitrogens with zero attached hydrogens (tertiary/aromatic N) is 3. The van der Waals surface area contributed by atoms with Crippen LogP contribution in [-0.4, -0.2) is 15.0 Å². The van der Waals surface area contributed by atoms with Crippen molar-refractivity contribution < 1.29 is 0 Å². The van der Waals surface area contributed by atoms with Gasteiger partial charge in [0, 0.05) is 29.1 Å². The zero-order valence-electron chi connectivity index (χ0n) is 14.7. The smallest absolute Gasteiger partial charge is 0.134 e. The number of rotatable bonds is 5. The van der Waals surface area contributed by atoms with Crippen LogP contribution in [0.3, 0.4) is 0 Å². The van der Waals surface area contributed by atoms with Crippen LogP contribution in [0.15, 0.2) is 66.0 Å². The minimum absolute atomic E-state index is 0.443. The largest absolute Gasteiger partial charge is 0.366 e. The molecule has 0 fully saturated rings. The second kappa shape index (κ2) is 7.86. The molecule has 0 aliphatic carbocycles. The lowest BCUT2D eigenvalue weighted by Gasteiger charge is -2.07. The average molecular weight is 393 g/mol. The van der Waals surface area contributed by atoms with E-state index >= 15 is 0 Å². The molecule has 0 saturated heterocycles. The number of aryl methyl sites for hydroxylation is 1. The van der Waals surface area contributed by atoms with Gasteiger partial charge in [-0.3, -0.25) is 0 Å². The van der Waals surface area contributed by atoms with E-state index in [0.29, 0.717) is 17.5 Å². The molecular weight excluding hydrogens is 376 g/mol. The molecule has 6 heteroatoms. The summed E-state index contributed by atoms with van der Waals surface area (Å²) in [5, 5.41) is 6.84. The molecule has 4 rings (SSSR count). The van der Waals surface area contributed by atoms with E-state index in [1.807, 2.05) is 25.1 Å². The van der Waals surface area contributed by atoms with E-state index in [0.717, 1.165) is 33.2 Å². The fourth-order valence-electron chi connectivity index (χ4n) is 2.73. The molecular formula is C21H17ClN4S. The van der Waals surface area contributed by atoms with Crippen molar-refractivity contribution in [1.82, 2.24) is 15.0 Å². The highest BCUT2D eigenvalue weighted by molar-refractivity contribution is 7.13. The SMILES string of the molecule is Cc1nc(Cl)cc(NCc2ccc(-c3nc(-c4ccccc4)cs3)cc2)n1. The summed E-state index contributed by atoms with van der Waals surface area (Å²) in [6.45, 7) is 2.49. The van der Waals surface area contributed by atoms with Crippen molar-refractivity contribution in [2.24, 2.45) is 0 Å². The summed E-state index contributed by atoms with van der Waals surface area (Å²) in [5.74, 6) is 1.38. The van der Waals surface area contributed by atoms with Crippen molar-refractivity contribution in [1.29, 1.82) is 0 Å². The zero-order chi connectivity index (χ0) is 18.6. The summed E-state index contributed by atoms with van der Waals surface area (Å²) < 4.78 is 0. The lowest BCUT2D eigenvalue weighted by molar-refractivity contribution is 1.02. The minimum Gasteiger partial charge on any atom is -0.366 e. The average Bonchev–Trinajstić information content (AvgIpc) is 3.17. The number of hydrogen-bond acceptors (Lipinski definition) is 5. The van der Waals surface area contributed by atoms with E-state index in [4.69, 9.17) is 16.6 Å². The van der Waals surface area contributed by atoms with Crippen LogP contribution in [0, 0.1) is 6.92 Å². The van der Waals surface area contributed by atoms with Crippen molar-refractivity contribution in [2.75, 3.05) is 5.32 Å². The molecule has 0 amide bonds. The molecule has 2 aromatic carbocycles. The first-order chi connectivity index (χ1) is 13.2. The van der Waals surface area contributed by atoms with Gasteiger partial charge in [-0.05, 0) is 12.5 Å². The first-order valence-corrected chi connectivity index (χ1v) is 9.78. The Labute approximate surface area is 166 Å². The molecule has 0 saturated carbocycles. The molecule has 0 aliphatic rings. The summed E-state index contributed by atoms with van der Waals surface area (Å²) in [6.07, 6.45) is 0. The van der Waals surface area contributed by atoms with Crippen LogP contribution in [0.2, 0.25) is 5.15 Å². The molecule has 27 heavy (non-hydrogen) atoms. The molecule has 1 N–H and O–H groups in total. The molecule has 0 aliphatic heterocycles. The summed E-state index contributed by atoms with van der Waals surface area (Å²) >= 11 is 7.63. The summed E-state index contributed by atoms with van der Waals surface area (Å²) in [6, 6.07) is 20.4. The molecule has 4 nitrogen and oxygen atoms in total. The Hall–Kier alpha value is -2.76. The number of nitrogens with one attached hydrogen (secondary N) is 1. The number of thiazole rings is 1. The van der Waals surface area contributed by atoms with Gasteiger partial charge >= 0.3 is 0 Å². The lowest BCUT2D eigenvalue weighted by Crippen LogP contribution is -2.03. The highest BCUT2D eigenvalue weighted by Gasteiger charge is 2.07. The molecule has 4 aromatic rings. The maximum Gasteiger partial charge on any atom is 0.134 e.